The van der Waals surface area contributed by atoms with Crippen LogP contribution in [-0.2, 0) is 10.0 Å². The minimum absolute atomic E-state index is 0.0930. The fourth-order valence-electron chi connectivity index (χ4n) is 1.81. The highest BCUT2D eigenvalue weighted by Crippen LogP contribution is 2.27. The first-order valence-corrected chi connectivity index (χ1v) is 7.40. The molecule has 2 rings (SSSR count). The number of methoxy groups -OCH3 is 1. The summed E-state index contributed by atoms with van der Waals surface area (Å²) in [4.78, 5) is 0.0930. The topological polar surface area (TPSA) is 78.6 Å². The molecule has 106 valence electrons. The average Bonchev–Trinajstić information content (AvgIpc) is 2.37. The molecule has 0 saturated carbocycles. The molecule has 0 aliphatic heterocycles. The average molecular weight is 293 g/mol. The quantitative estimate of drug-likeness (QED) is 0.939. The normalized spacial score (nSPS) is 11.2. The smallest absolute Gasteiger partial charge is 0.238 e. The SMILES string of the molecule is COc1cccc(Oc2ccc(S(N)(=O)=O)c(C)c2)c1. The van der Waals surface area contributed by atoms with Gasteiger partial charge < -0.3 is 9.47 Å². The summed E-state index contributed by atoms with van der Waals surface area (Å²) in [5.74, 6) is 1.82. The number of rotatable bonds is 4. The van der Waals surface area contributed by atoms with Gasteiger partial charge in [0.15, 0.2) is 0 Å². The Kier molecular flexibility index (Phi) is 3.96. The van der Waals surface area contributed by atoms with Crippen molar-refractivity contribution in [1.82, 2.24) is 0 Å². The van der Waals surface area contributed by atoms with Crippen molar-refractivity contribution < 1.29 is 17.9 Å². The largest absolute Gasteiger partial charge is 0.497 e. The van der Waals surface area contributed by atoms with Crippen LogP contribution in [0.3, 0.4) is 0 Å². The monoisotopic (exact) mass is 293 g/mol. The molecule has 2 N–H and O–H groups in total. The summed E-state index contributed by atoms with van der Waals surface area (Å²) in [5.41, 5.74) is 0.535. The van der Waals surface area contributed by atoms with Gasteiger partial charge in [0.25, 0.3) is 0 Å². The second-order valence-corrected chi connectivity index (χ2v) is 5.78. The molecule has 0 aliphatic rings. The van der Waals surface area contributed by atoms with Gasteiger partial charge >= 0.3 is 0 Å². The van der Waals surface area contributed by atoms with Gasteiger partial charge in [-0.05, 0) is 42.8 Å². The summed E-state index contributed by atoms with van der Waals surface area (Å²) in [6, 6.07) is 11.8. The maximum absolute atomic E-state index is 11.3. The number of nitrogens with two attached hydrogens (primary N) is 1. The highest BCUT2D eigenvalue weighted by Gasteiger charge is 2.12. The molecule has 0 bridgehead atoms. The number of sulfonamides is 1. The Bertz CT molecular complexity index is 726. The molecule has 0 aromatic heterocycles. The third kappa shape index (κ3) is 3.28. The lowest BCUT2D eigenvalue weighted by Gasteiger charge is -2.09. The molecule has 0 heterocycles. The standard InChI is InChI=1S/C14H15NO4S/c1-10-8-13(6-7-14(10)20(15,16)17)19-12-5-3-4-11(9-12)18-2/h3-9H,1-2H3,(H2,15,16,17). The molecule has 2 aromatic carbocycles. The van der Waals surface area contributed by atoms with Gasteiger partial charge in [0.05, 0.1) is 12.0 Å². The van der Waals surface area contributed by atoms with E-state index in [1.807, 2.05) is 6.07 Å². The van der Waals surface area contributed by atoms with E-state index in [0.717, 1.165) is 0 Å². The zero-order valence-electron chi connectivity index (χ0n) is 11.2. The van der Waals surface area contributed by atoms with Gasteiger partial charge in [0.1, 0.15) is 17.2 Å². The first kappa shape index (κ1) is 14.4. The van der Waals surface area contributed by atoms with Gasteiger partial charge in [-0.25, -0.2) is 13.6 Å². The summed E-state index contributed by atoms with van der Waals surface area (Å²) in [5, 5.41) is 5.11. The fourth-order valence-corrected chi connectivity index (χ4v) is 2.57. The van der Waals surface area contributed by atoms with E-state index in [9.17, 15) is 8.42 Å². The summed E-state index contributed by atoms with van der Waals surface area (Å²) < 4.78 is 33.4. The third-order valence-corrected chi connectivity index (χ3v) is 3.80. The zero-order chi connectivity index (χ0) is 14.8. The molecule has 0 fully saturated rings. The molecule has 0 saturated heterocycles. The van der Waals surface area contributed by atoms with Crippen molar-refractivity contribution in [3.8, 4) is 17.2 Å². The van der Waals surface area contributed by atoms with Crippen LogP contribution >= 0.6 is 0 Å². The van der Waals surface area contributed by atoms with Crippen molar-refractivity contribution in [3.63, 3.8) is 0 Å². The van der Waals surface area contributed by atoms with Crippen LogP contribution in [0.1, 0.15) is 5.56 Å². The number of primary sulfonamides is 1. The van der Waals surface area contributed by atoms with E-state index in [0.29, 0.717) is 22.8 Å². The molecule has 2 aromatic rings. The Morgan fingerprint density at radius 2 is 1.65 bits per heavy atom. The molecule has 0 amide bonds. The van der Waals surface area contributed by atoms with E-state index in [2.05, 4.69) is 0 Å². The molecule has 20 heavy (non-hydrogen) atoms. The van der Waals surface area contributed by atoms with Crippen molar-refractivity contribution in [2.75, 3.05) is 7.11 Å². The van der Waals surface area contributed by atoms with Crippen LogP contribution in [-0.4, -0.2) is 15.5 Å². The molecule has 0 atom stereocenters. The Hall–Kier alpha value is -2.05. The summed E-state index contributed by atoms with van der Waals surface area (Å²) in [6.07, 6.45) is 0. The van der Waals surface area contributed by atoms with Gasteiger partial charge in [-0.2, -0.15) is 0 Å². The van der Waals surface area contributed by atoms with Gasteiger partial charge in [0, 0.05) is 6.07 Å². The summed E-state index contributed by atoms with van der Waals surface area (Å²) in [6.45, 7) is 1.66. The van der Waals surface area contributed by atoms with Gasteiger partial charge in [-0.1, -0.05) is 6.07 Å². The van der Waals surface area contributed by atoms with Crippen molar-refractivity contribution >= 4 is 10.0 Å². The molecule has 0 aliphatic carbocycles. The maximum Gasteiger partial charge on any atom is 0.238 e. The minimum Gasteiger partial charge on any atom is -0.497 e. The molecule has 6 heteroatoms. The summed E-state index contributed by atoms with van der Waals surface area (Å²) in [7, 11) is -2.14. The predicted molar refractivity (Wildman–Crippen MR) is 75.6 cm³/mol. The molecule has 0 unspecified atom stereocenters. The Balaban J connectivity index is 2.29. The Morgan fingerprint density at radius 1 is 1.00 bits per heavy atom. The molecule has 5 nitrogen and oxygen atoms in total. The molecule has 0 radical (unpaired) electrons. The minimum atomic E-state index is -3.71. The van der Waals surface area contributed by atoms with Crippen LogP contribution < -0.4 is 14.6 Å². The highest BCUT2D eigenvalue weighted by molar-refractivity contribution is 7.89. The van der Waals surface area contributed by atoms with Gasteiger partial charge in [-0.3, -0.25) is 0 Å². The van der Waals surface area contributed by atoms with Crippen LogP contribution in [0.15, 0.2) is 47.4 Å². The predicted octanol–water partition coefficient (Wildman–Crippen LogP) is 2.44. The molecule has 0 spiro atoms. The second kappa shape index (κ2) is 5.52. The van der Waals surface area contributed by atoms with E-state index in [4.69, 9.17) is 14.6 Å². The van der Waals surface area contributed by atoms with Crippen molar-refractivity contribution in [3.05, 3.63) is 48.0 Å². The number of aryl methyl sites for hydroxylation is 1. The van der Waals surface area contributed by atoms with Gasteiger partial charge in [-0.15, -0.1) is 0 Å². The number of hydrogen-bond acceptors (Lipinski definition) is 4. The lowest BCUT2D eigenvalue weighted by molar-refractivity contribution is 0.409. The number of benzene rings is 2. The van der Waals surface area contributed by atoms with E-state index < -0.39 is 10.0 Å². The van der Waals surface area contributed by atoms with Crippen molar-refractivity contribution in [2.24, 2.45) is 5.14 Å². The summed E-state index contributed by atoms with van der Waals surface area (Å²) >= 11 is 0. The Labute approximate surface area is 118 Å². The lowest BCUT2D eigenvalue weighted by atomic mass is 10.2. The molecular formula is C14H15NO4S. The highest BCUT2D eigenvalue weighted by atomic mass is 32.2. The van der Waals surface area contributed by atoms with Crippen LogP contribution in [0, 0.1) is 6.92 Å². The van der Waals surface area contributed by atoms with Crippen molar-refractivity contribution in [2.45, 2.75) is 11.8 Å². The van der Waals surface area contributed by atoms with Crippen LogP contribution in [0.4, 0.5) is 0 Å². The van der Waals surface area contributed by atoms with E-state index >= 15 is 0 Å². The molecular weight excluding hydrogens is 278 g/mol. The van der Waals surface area contributed by atoms with Crippen LogP contribution in [0.2, 0.25) is 0 Å². The first-order valence-electron chi connectivity index (χ1n) is 5.85. The maximum atomic E-state index is 11.3. The first-order chi connectivity index (χ1) is 9.40. The second-order valence-electron chi connectivity index (χ2n) is 4.25. The number of hydrogen-bond donors (Lipinski definition) is 1. The zero-order valence-corrected chi connectivity index (χ0v) is 12.0. The lowest BCUT2D eigenvalue weighted by Crippen LogP contribution is -2.13. The van der Waals surface area contributed by atoms with Crippen molar-refractivity contribution in [1.29, 1.82) is 0 Å². The van der Waals surface area contributed by atoms with Crippen LogP contribution in [0.5, 0.6) is 17.2 Å². The van der Waals surface area contributed by atoms with Gasteiger partial charge in [0.2, 0.25) is 10.0 Å². The van der Waals surface area contributed by atoms with E-state index in [-0.39, 0.29) is 4.90 Å². The third-order valence-electron chi connectivity index (χ3n) is 2.73. The Morgan fingerprint density at radius 3 is 2.25 bits per heavy atom. The van der Waals surface area contributed by atoms with Crippen LogP contribution in [0.25, 0.3) is 0 Å². The fraction of sp³-hybridized carbons (Fsp3) is 0.143. The van der Waals surface area contributed by atoms with E-state index in [1.165, 1.54) is 6.07 Å². The van der Waals surface area contributed by atoms with E-state index in [1.54, 1.807) is 44.4 Å². The number of ether oxygens (including phenoxy) is 2.